The lowest BCUT2D eigenvalue weighted by atomic mass is 9.69. The summed E-state index contributed by atoms with van der Waals surface area (Å²) in [4.78, 5) is 0. The summed E-state index contributed by atoms with van der Waals surface area (Å²) < 4.78 is 12.9. The van der Waals surface area contributed by atoms with Gasteiger partial charge >= 0.3 is 0 Å². The number of rotatable bonds is 0. The van der Waals surface area contributed by atoms with E-state index in [0.717, 1.165) is 44.9 Å². The van der Waals surface area contributed by atoms with Gasteiger partial charge in [-0.3, -0.25) is 0 Å². The zero-order chi connectivity index (χ0) is 26.5. The van der Waals surface area contributed by atoms with E-state index >= 15 is 0 Å². The van der Waals surface area contributed by atoms with Crippen molar-refractivity contribution in [2.45, 2.75) is 110 Å². The molecule has 2 aromatic rings. The summed E-state index contributed by atoms with van der Waals surface area (Å²) in [5.41, 5.74) is 3.77. The van der Waals surface area contributed by atoms with Crippen molar-refractivity contribution in [2.24, 2.45) is 0 Å². The minimum absolute atomic E-state index is 0.183. The van der Waals surface area contributed by atoms with Gasteiger partial charge in [-0.25, -0.2) is 0 Å². The van der Waals surface area contributed by atoms with Gasteiger partial charge in [0.2, 0.25) is 0 Å². The molecule has 2 heterocycles. The molecule has 0 unspecified atom stereocenters. The van der Waals surface area contributed by atoms with Crippen LogP contribution in [-0.4, -0.2) is 23.4 Å². The Labute approximate surface area is 211 Å². The number of benzene rings is 2. The molecule has 0 radical (unpaired) electrons. The van der Waals surface area contributed by atoms with Gasteiger partial charge < -0.3 is 19.7 Å². The SMILES string of the molecule is CC(C)(C)c1cc(C(C)(C)C)c2c(c1O)C1(CO2)COc2c(C(C)(C)C)cc(C(C)(C)C)c(O)c21. The molecule has 0 aromatic heterocycles. The molecule has 2 aliphatic heterocycles. The van der Waals surface area contributed by atoms with E-state index in [-0.39, 0.29) is 33.2 Å². The molecule has 0 saturated carbocycles. The smallest absolute Gasteiger partial charge is 0.131 e. The quantitative estimate of drug-likeness (QED) is 0.414. The van der Waals surface area contributed by atoms with E-state index in [1.165, 1.54) is 0 Å². The van der Waals surface area contributed by atoms with Crippen LogP contribution in [0, 0.1) is 0 Å². The first kappa shape index (κ1) is 25.7. The van der Waals surface area contributed by atoms with Gasteiger partial charge in [-0.2, -0.15) is 0 Å². The molecule has 0 amide bonds. The van der Waals surface area contributed by atoms with Crippen molar-refractivity contribution in [1.82, 2.24) is 0 Å². The van der Waals surface area contributed by atoms with Crippen LogP contribution in [-0.2, 0) is 27.1 Å². The number of hydrogen-bond acceptors (Lipinski definition) is 4. The van der Waals surface area contributed by atoms with Gasteiger partial charge in [0.15, 0.2) is 0 Å². The van der Waals surface area contributed by atoms with Crippen LogP contribution in [0.15, 0.2) is 12.1 Å². The highest BCUT2D eigenvalue weighted by Gasteiger charge is 2.56. The lowest BCUT2D eigenvalue weighted by Crippen LogP contribution is -2.32. The Kier molecular flexibility index (Phi) is 5.39. The Morgan fingerprint density at radius 3 is 1.09 bits per heavy atom. The van der Waals surface area contributed by atoms with Crippen LogP contribution in [0.5, 0.6) is 23.0 Å². The third-order valence-electron chi connectivity index (χ3n) is 7.62. The maximum absolute atomic E-state index is 11.8. The van der Waals surface area contributed by atoms with E-state index in [2.05, 4.69) is 95.2 Å². The van der Waals surface area contributed by atoms with Crippen LogP contribution < -0.4 is 9.47 Å². The zero-order valence-electron chi connectivity index (χ0n) is 23.8. The summed E-state index contributed by atoms with van der Waals surface area (Å²) in [6.07, 6.45) is 0. The predicted molar refractivity (Wildman–Crippen MR) is 143 cm³/mol. The lowest BCUT2D eigenvalue weighted by Gasteiger charge is -2.32. The maximum Gasteiger partial charge on any atom is 0.131 e. The molecular weight excluding hydrogens is 436 g/mol. The number of hydrogen-bond donors (Lipinski definition) is 2. The Bertz CT molecular complexity index is 1100. The number of phenols is 2. The highest BCUT2D eigenvalue weighted by atomic mass is 16.5. The average Bonchev–Trinajstić information content (AvgIpc) is 3.21. The van der Waals surface area contributed by atoms with Crippen molar-refractivity contribution < 1.29 is 19.7 Å². The number of phenolic OH excluding ortho intramolecular Hbond substituents is 2. The van der Waals surface area contributed by atoms with Gasteiger partial charge in [0, 0.05) is 22.3 Å². The predicted octanol–water partition coefficient (Wildman–Crippen LogP) is 7.36. The molecule has 1 spiro atoms. The summed E-state index contributed by atoms with van der Waals surface area (Å²) in [5.74, 6) is 1.98. The topological polar surface area (TPSA) is 58.9 Å². The molecule has 0 saturated heterocycles. The maximum atomic E-state index is 11.8. The first-order valence-corrected chi connectivity index (χ1v) is 12.8. The highest BCUT2D eigenvalue weighted by Crippen LogP contribution is 2.62. The van der Waals surface area contributed by atoms with Crippen LogP contribution in [0.1, 0.15) is 116 Å². The third kappa shape index (κ3) is 3.79. The Balaban J connectivity index is 2.16. The number of ether oxygens (including phenoxy) is 2. The summed E-state index contributed by atoms with van der Waals surface area (Å²) >= 11 is 0. The fourth-order valence-corrected chi connectivity index (χ4v) is 5.60. The van der Waals surface area contributed by atoms with Gasteiger partial charge in [0.05, 0.1) is 11.1 Å². The van der Waals surface area contributed by atoms with Crippen molar-refractivity contribution in [2.75, 3.05) is 13.2 Å². The summed E-state index contributed by atoms with van der Waals surface area (Å²) in [6, 6.07) is 4.21. The van der Waals surface area contributed by atoms with Crippen molar-refractivity contribution >= 4 is 0 Å². The van der Waals surface area contributed by atoms with Crippen molar-refractivity contribution in [3.63, 3.8) is 0 Å². The van der Waals surface area contributed by atoms with Crippen LogP contribution in [0.4, 0.5) is 0 Å². The second-order valence-electron chi connectivity index (χ2n) is 14.7. The van der Waals surface area contributed by atoms with Gasteiger partial charge in [-0.15, -0.1) is 0 Å². The first-order valence-electron chi connectivity index (χ1n) is 12.8. The molecule has 0 atom stereocenters. The molecule has 0 bridgehead atoms. The van der Waals surface area contributed by atoms with E-state index in [0.29, 0.717) is 13.2 Å². The Morgan fingerprint density at radius 1 is 0.543 bits per heavy atom. The van der Waals surface area contributed by atoms with Crippen molar-refractivity contribution in [3.8, 4) is 23.0 Å². The molecule has 0 fully saturated rings. The number of fused-ring (bicyclic) bond motifs is 4. The van der Waals surface area contributed by atoms with Gasteiger partial charge in [0.25, 0.3) is 0 Å². The van der Waals surface area contributed by atoms with Crippen molar-refractivity contribution in [1.29, 1.82) is 0 Å². The molecule has 2 aliphatic rings. The van der Waals surface area contributed by atoms with Crippen molar-refractivity contribution in [3.05, 3.63) is 45.5 Å². The van der Waals surface area contributed by atoms with E-state index in [4.69, 9.17) is 9.47 Å². The average molecular weight is 481 g/mol. The Morgan fingerprint density at radius 2 is 0.829 bits per heavy atom. The van der Waals surface area contributed by atoms with Crippen LogP contribution in [0.25, 0.3) is 0 Å². The van der Waals surface area contributed by atoms with Crippen LogP contribution in [0.3, 0.4) is 0 Å². The van der Waals surface area contributed by atoms with Gasteiger partial charge in [-0.1, -0.05) is 83.1 Å². The first-order chi connectivity index (χ1) is 15.7. The molecule has 4 nitrogen and oxygen atoms in total. The highest BCUT2D eigenvalue weighted by molar-refractivity contribution is 5.72. The summed E-state index contributed by atoms with van der Waals surface area (Å²) in [7, 11) is 0. The Hall–Kier alpha value is -2.36. The summed E-state index contributed by atoms with van der Waals surface area (Å²) in [5, 5.41) is 23.6. The van der Waals surface area contributed by atoms with E-state index in [9.17, 15) is 10.2 Å². The van der Waals surface area contributed by atoms with Gasteiger partial charge in [0.1, 0.15) is 41.6 Å². The minimum atomic E-state index is -0.776. The minimum Gasteiger partial charge on any atom is -0.507 e. The standard InChI is InChI=1S/C31H44O4/c1-27(2,3)17-13-19(29(7,8)9)25-21(23(17)32)31(15-34-25)16-35-26-20(30(10,11)12)14-18(28(4,5)6)24(33)22(26)31/h13-14,32-33H,15-16H2,1-12H3. The van der Waals surface area contributed by atoms with E-state index in [1.54, 1.807) is 0 Å². The largest absolute Gasteiger partial charge is 0.507 e. The van der Waals surface area contributed by atoms with E-state index in [1.807, 2.05) is 0 Å². The van der Waals surface area contributed by atoms with Crippen LogP contribution >= 0.6 is 0 Å². The third-order valence-corrected chi connectivity index (χ3v) is 7.62. The second kappa shape index (κ2) is 7.33. The molecular formula is C31H44O4. The molecule has 35 heavy (non-hydrogen) atoms. The number of aromatic hydroxyl groups is 2. The molecule has 4 rings (SSSR count). The molecule has 2 N–H and O–H groups in total. The lowest BCUT2D eigenvalue weighted by molar-refractivity contribution is 0.232. The fourth-order valence-electron chi connectivity index (χ4n) is 5.60. The summed E-state index contributed by atoms with van der Waals surface area (Å²) in [6.45, 7) is 26.4. The fraction of sp³-hybridized carbons (Fsp3) is 0.613. The van der Waals surface area contributed by atoms with E-state index < -0.39 is 5.41 Å². The molecule has 0 aliphatic carbocycles. The normalized spacial score (nSPS) is 17.3. The monoisotopic (exact) mass is 480 g/mol. The molecule has 2 aromatic carbocycles. The second-order valence-corrected chi connectivity index (χ2v) is 14.7. The van der Waals surface area contributed by atoms with Crippen LogP contribution in [0.2, 0.25) is 0 Å². The van der Waals surface area contributed by atoms with Gasteiger partial charge in [-0.05, 0) is 33.8 Å². The molecule has 4 heteroatoms. The molecule has 192 valence electrons. The zero-order valence-corrected chi connectivity index (χ0v) is 23.8.